The number of carbonyl (C=O) groups is 2. The van der Waals surface area contributed by atoms with Gasteiger partial charge in [-0.2, -0.15) is 0 Å². The summed E-state index contributed by atoms with van der Waals surface area (Å²) in [5.74, 6) is -1.53. The lowest BCUT2D eigenvalue weighted by molar-refractivity contribution is -0.136. The van der Waals surface area contributed by atoms with Crippen molar-refractivity contribution in [3.8, 4) is 0 Å². The molecule has 1 atom stereocenters. The smallest absolute Gasteiger partial charge is 0.264 e. The number of hydrogen-bond acceptors (Lipinski definition) is 3. The van der Waals surface area contributed by atoms with Crippen molar-refractivity contribution in [1.82, 2.24) is 0 Å². The molecule has 0 aliphatic carbocycles. The van der Waals surface area contributed by atoms with Gasteiger partial charge in [-0.3, -0.25) is 9.59 Å². The summed E-state index contributed by atoms with van der Waals surface area (Å²) in [4.78, 5) is 28.0. The second-order valence-corrected chi connectivity index (χ2v) is 8.59. The molecule has 0 fully saturated rings. The van der Waals surface area contributed by atoms with Crippen LogP contribution < -0.4 is 4.90 Å². The molecule has 1 heterocycles. The van der Waals surface area contributed by atoms with Crippen LogP contribution in [-0.2, 0) is 16.9 Å². The van der Waals surface area contributed by atoms with Crippen molar-refractivity contribution in [2.24, 2.45) is 0 Å². The largest absolute Gasteiger partial charge is 0.375 e. The summed E-state index contributed by atoms with van der Waals surface area (Å²) in [6.07, 6.45) is -0.475. The number of fused-ring (bicyclic) bond motifs is 2. The van der Waals surface area contributed by atoms with Crippen molar-refractivity contribution < 1.29 is 19.1 Å². The second-order valence-electron chi connectivity index (χ2n) is 8.16. The fourth-order valence-electron chi connectivity index (χ4n) is 4.42. The van der Waals surface area contributed by atoms with E-state index in [-0.39, 0.29) is 17.7 Å². The Morgan fingerprint density at radius 1 is 0.970 bits per heavy atom. The fraction of sp³-hybridized carbons (Fsp3) is 0.111. The molecule has 0 spiro atoms. The first-order valence-corrected chi connectivity index (χ1v) is 10.8. The van der Waals surface area contributed by atoms with Gasteiger partial charge in [0, 0.05) is 16.1 Å². The van der Waals surface area contributed by atoms with Gasteiger partial charge in [-0.1, -0.05) is 54.1 Å². The van der Waals surface area contributed by atoms with Gasteiger partial charge in [-0.15, -0.1) is 0 Å². The second kappa shape index (κ2) is 8.10. The molecular weight excluding hydrogens is 441 g/mol. The molecule has 1 unspecified atom stereocenters. The first-order valence-electron chi connectivity index (χ1n) is 10.5. The van der Waals surface area contributed by atoms with Crippen molar-refractivity contribution in [3.63, 3.8) is 0 Å². The van der Waals surface area contributed by atoms with Crippen molar-refractivity contribution in [3.05, 3.63) is 112 Å². The lowest BCUT2D eigenvalue weighted by atomic mass is 9.88. The summed E-state index contributed by atoms with van der Waals surface area (Å²) in [6.45, 7) is 0.224. The van der Waals surface area contributed by atoms with Crippen molar-refractivity contribution in [1.29, 1.82) is 0 Å². The molecule has 164 valence electrons. The van der Waals surface area contributed by atoms with E-state index in [9.17, 15) is 19.1 Å². The van der Waals surface area contributed by atoms with E-state index >= 15 is 0 Å². The van der Waals surface area contributed by atoms with Gasteiger partial charge in [0.2, 0.25) is 0 Å². The molecule has 0 saturated heterocycles. The zero-order chi connectivity index (χ0) is 23.2. The number of benzene rings is 4. The number of carbonyl (C=O) groups excluding carboxylic acids is 2. The summed E-state index contributed by atoms with van der Waals surface area (Å²) >= 11 is 6.19. The number of ketones is 1. The van der Waals surface area contributed by atoms with Crippen LogP contribution in [0.15, 0.2) is 84.9 Å². The van der Waals surface area contributed by atoms with Crippen LogP contribution in [0.2, 0.25) is 5.02 Å². The highest BCUT2D eigenvalue weighted by Gasteiger charge is 2.51. The number of nitrogens with zero attached hydrogens (tertiary/aromatic N) is 1. The Bertz CT molecular complexity index is 1400. The Hall–Kier alpha value is -3.54. The van der Waals surface area contributed by atoms with E-state index in [4.69, 9.17) is 11.6 Å². The Balaban J connectivity index is 1.54. The molecule has 0 bridgehead atoms. The molecule has 5 rings (SSSR count). The monoisotopic (exact) mass is 459 g/mol. The summed E-state index contributed by atoms with van der Waals surface area (Å²) in [6, 6.07) is 23.6. The normalized spacial score (nSPS) is 17.4. The molecule has 1 amide bonds. The zero-order valence-electron chi connectivity index (χ0n) is 17.5. The van der Waals surface area contributed by atoms with Crippen LogP contribution in [0.4, 0.5) is 10.1 Å². The van der Waals surface area contributed by atoms with Crippen molar-refractivity contribution in [2.75, 3.05) is 4.90 Å². The van der Waals surface area contributed by atoms with E-state index in [0.29, 0.717) is 10.7 Å². The van der Waals surface area contributed by atoms with Crippen LogP contribution in [0, 0.1) is 5.82 Å². The number of aliphatic hydroxyl groups is 1. The van der Waals surface area contributed by atoms with E-state index in [1.807, 2.05) is 42.5 Å². The molecule has 33 heavy (non-hydrogen) atoms. The third-order valence-corrected chi connectivity index (χ3v) is 6.32. The Morgan fingerprint density at radius 2 is 1.70 bits per heavy atom. The number of halogens is 2. The predicted octanol–water partition coefficient (Wildman–Crippen LogP) is 5.64. The topological polar surface area (TPSA) is 57.6 Å². The molecule has 0 saturated carbocycles. The Kier molecular flexibility index (Phi) is 5.23. The van der Waals surface area contributed by atoms with Crippen LogP contribution >= 0.6 is 11.6 Å². The van der Waals surface area contributed by atoms with Gasteiger partial charge in [0.05, 0.1) is 18.7 Å². The van der Waals surface area contributed by atoms with Gasteiger partial charge in [0.15, 0.2) is 11.4 Å². The minimum atomic E-state index is -2.07. The summed E-state index contributed by atoms with van der Waals surface area (Å²) in [7, 11) is 0. The van der Waals surface area contributed by atoms with Crippen LogP contribution in [-0.4, -0.2) is 16.8 Å². The Morgan fingerprint density at radius 3 is 2.48 bits per heavy atom. The standard InChI is InChI=1S/C27H19ClFNO3/c28-20-10-13-24-23(14-20)27(33,15-25(31)18-8-11-21(29)12-9-18)26(32)30(24)16-19-6-3-5-17-4-1-2-7-22(17)19/h1-14,33H,15-16H2. The number of anilines is 1. The van der Waals surface area contributed by atoms with Crippen LogP contribution in [0.3, 0.4) is 0 Å². The number of amides is 1. The van der Waals surface area contributed by atoms with Crippen LogP contribution in [0.5, 0.6) is 0 Å². The molecule has 1 N–H and O–H groups in total. The molecule has 4 aromatic carbocycles. The van der Waals surface area contributed by atoms with Gasteiger partial charge >= 0.3 is 0 Å². The lowest BCUT2D eigenvalue weighted by Crippen LogP contribution is -2.41. The van der Waals surface area contributed by atoms with Gasteiger partial charge in [0.1, 0.15) is 5.82 Å². The average molecular weight is 460 g/mol. The average Bonchev–Trinajstić information content (AvgIpc) is 3.01. The van der Waals surface area contributed by atoms with E-state index in [1.165, 1.54) is 35.2 Å². The highest BCUT2D eigenvalue weighted by Crippen LogP contribution is 2.45. The summed E-state index contributed by atoms with van der Waals surface area (Å²) in [5, 5.41) is 13.9. The maximum atomic E-state index is 13.6. The molecular formula is C27H19ClFNO3. The van der Waals surface area contributed by atoms with Crippen LogP contribution in [0.25, 0.3) is 10.8 Å². The van der Waals surface area contributed by atoms with E-state index in [1.54, 1.807) is 12.1 Å². The SMILES string of the molecule is O=C(CC1(O)C(=O)N(Cc2cccc3ccccc23)c2ccc(Cl)cc21)c1ccc(F)cc1. The first-order chi connectivity index (χ1) is 15.9. The third kappa shape index (κ3) is 3.69. The molecule has 0 radical (unpaired) electrons. The third-order valence-electron chi connectivity index (χ3n) is 6.08. The molecule has 4 aromatic rings. The van der Waals surface area contributed by atoms with Crippen molar-refractivity contribution >= 4 is 39.8 Å². The first kappa shape index (κ1) is 21.3. The van der Waals surface area contributed by atoms with Gasteiger partial charge in [-0.25, -0.2) is 4.39 Å². The Labute approximate surface area is 194 Å². The zero-order valence-corrected chi connectivity index (χ0v) is 18.2. The number of hydrogen-bond donors (Lipinski definition) is 1. The van der Waals surface area contributed by atoms with Gasteiger partial charge < -0.3 is 10.0 Å². The molecule has 1 aliphatic rings. The number of Topliss-reactive ketones (excluding diaryl/α,β-unsaturated/α-hetero) is 1. The molecule has 6 heteroatoms. The van der Waals surface area contributed by atoms with Crippen LogP contribution in [0.1, 0.15) is 27.9 Å². The van der Waals surface area contributed by atoms with E-state index in [2.05, 4.69) is 0 Å². The maximum absolute atomic E-state index is 13.6. The molecule has 1 aliphatic heterocycles. The fourth-order valence-corrected chi connectivity index (χ4v) is 4.59. The van der Waals surface area contributed by atoms with E-state index < -0.39 is 29.5 Å². The maximum Gasteiger partial charge on any atom is 0.264 e. The van der Waals surface area contributed by atoms with Gasteiger partial charge in [-0.05, 0) is 58.8 Å². The predicted molar refractivity (Wildman–Crippen MR) is 126 cm³/mol. The number of rotatable bonds is 5. The lowest BCUT2D eigenvalue weighted by Gasteiger charge is -2.23. The minimum Gasteiger partial charge on any atom is -0.375 e. The molecule has 0 aromatic heterocycles. The minimum absolute atomic E-state index is 0.216. The van der Waals surface area contributed by atoms with Gasteiger partial charge in [0.25, 0.3) is 5.91 Å². The molecule has 4 nitrogen and oxygen atoms in total. The van der Waals surface area contributed by atoms with Crippen molar-refractivity contribution in [2.45, 2.75) is 18.6 Å². The summed E-state index contributed by atoms with van der Waals surface area (Å²) < 4.78 is 13.3. The highest BCUT2D eigenvalue weighted by atomic mass is 35.5. The quantitative estimate of drug-likeness (QED) is 0.393. The summed E-state index contributed by atoms with van der Waals surface area (Å²) in [5.41, 5.74) is -0.149. The highest BCUT2D eigenvalue weighted by molar-refractivity contribution is 6.31. The van der Waals surface area contributed by atoms with E-state index in [0.717, 1.165) is 16.3 Å².